The number of benzene rings is 2. The smallest absolute Gasteiger partial charge is 0.341 e. The second-order valence-electron chi connectivity index (χ2n) is 8.20. The minimum atomic E-state index is -0.395. The molecule has 0 atom stereocenters. The Labute approximate surface area is 190 Å². The number of hydrogen-bond acceptors (Lipinski definition) is 5. The van der Waals surface area contributed by atoms with E-state index in [1.807, 2.05) is 36.4 Å². The minimum absolute atomic E-state index is 0.0175. The van der Waals surface area contributed by atoms with Gasteiger partial charge in [-0.15, -0.1) is 11.3 Å². The molecule has 7 heteroatoms. The monoisotopic (exact) mass is 448 g/mol. The number of fused-ring (bicyclic) bond motifs is 1. The zero-order chi connectivity index (χ0) is 22.2. The Balaban J connectivity index is 1.26. The summed E-state index contributed by atoms with van der Waals surface area (Å²) in [6.45, 7) is 0.463. The molecule has 32 heavy (non-hydrogen) atoms. The molecule has 2 amide bonds. The first-order valence-electron chi connectivity index (χ1n) is 10.9. The van der Waals surface area contributed by atoms with Gasteiger partial charge in [-0.25, -0.2) is 4.79 Å². The SMILES string of the molecule is COC(=O)c1c(NC(=O)CCCN2C(=O)c3cccc4cccc2c34)sc2c1CCCC2. The fourth-order valence-electron chi connectivity index (χ4n) is 4.76. The van der Waals surface area contributed by atoms with Gasteiger partial charge in [0.2, 0.25) is 5.91 Å². The van der Waals surface area contributed by atoms with Crippen LogP contribution in [0.1, 0.15) is 56.8 Å². The lowest BCUT2D eigenvalue weighted by molar-refractivity contribution is -0.116. The molecule has 0 unspecified atom stereocenters. The molecular weight excluding hydrogens is 424 g/mol. The van der Waals surface area contributed by atoms with Gasteiger partial charge in [-0.3, -0.25) is 9.59 Å². The number of nitrogens with one attached hydrogen (secondary N) is 1. The average Bonchev–Trinajstić information content (AvgIpc) is 3.30. The van der Waals surface area contributed by atoms with Gasteiger partial charge in [0.15, 0.2) is 0 Å². The van der Waals surface area contributed by atoms with E-state index in [2.05, 4.69) is 5.32 Å². The van der Waals surface area contributed by atoms with Crippen LogP contribution in [0.2, 0.25) is 0 Å². The molecule has 6 nitrogen and oxygen atoms in total. The van der Waals surface area contributed by atoms with Crippen molar-refractivity contribution in [3.63, 3.8) is 0 Å². The highest BCUT2D eigenvalue weighted by Crippen LogP contribution is 2.39. The number of ether oxygens (including phenoxy) is 1. The number of aryl methyl sites for hydroxylation is 1. The van der Waals surface area contributed by atoms with E-state index in [1.165, 1.54) is 23.3 Å². The first-order chi connectivity index (χ1) is 15.6. The van der Waals surface area contributed by atoms with Gasteiger partial charge in [-0.2, -0.15) is 0 Å². The van der Waals surface area contributed by atoms with E-state index >= 15 is 0 Å². The lowest BCUT2D eigenvalue weighted by Gasteiger charge is -2.17. The molecule has 0 spiro atoms. The maximum Gasteiger partial charge on any atom is 0.341 e. The van der Waals surface area contributed by atoms with Crippen molar-refractivity contribution in [2.75, 3.05) is 23.9 Å². The van der Waals surface area contributed by atoms with Crippen LogP contribution in [0.15, 0.2) is 36.4 Å². The number of thiophene rings is 1. The molecule has 1 aromatic heterocycles. The topological polar surface area (TPSA) is 75.7 Å². The van der Waals surface area contributed by atoms with E-state index in [9.17, 15) is 14.4 Å². The van der Waals surface area contributed by atoms with Crippen LogP contribution < -0.4 is 10.2 Å². The van der Waals surface area contributed by atoms with E-state index in [0.29, 0.717) is 23.5 Å². The largest absolute Gasteiger partial charge is 0.465 e. The van der Waals surface area contributed by atoms with Crippen LogP contribution >= 0.6 is 11.3 Å². The predicted octanol–water partition coefficient (Wildman–Crippen LogP) is 4.95. The highest BCUT2D eigenvalue weighted by molar-refractivity contribution is 7.17. The fourth-order valence-corrected chi connectivity index (χ4v) is 6.05. The van der Waals surface area contributed by atoms with E-state index in [-0.39, 0.29) is 18.2 Å². The highest BCUT2D eigenvalue weighted by atomic mass is 32.1. The molecule has 164 valence electrons. The van der Waals surface area contributed by atoms with Crippen molar-refractivity contribution in [1.29, 1.82) is 0 Å². The number of carbonyl (C=O) groups is 3. The lowest BCUT2D eigenvalue weighted by Crippen LogP contribution is -2.28. The van der Waals surface area contributed by atoms with Crippen molar-refractivity contribution < 1.29 is 19.1 Å². The molecule has 0 fully saturated rings. The molecule has 1 N–H and O–H groups in total. The normalized spacial score (nSPS) is 14.5. The molecule has 3 aromatic rings. The summed E-state index contributed by atoms with van der Waals surface area (Å²) in [5, 5.41) is 5.55. The van der Waals surface area contributed by atoms with E-state index in [4.69, 9.17) is 4.74 Å². The summed E-state index contributed by atoms with van der Waals surface area (Å²) in [5.74, 6) is -0.569. The number of rotatable bonds is 6. The van der Waals surface area contributed by atoms with Gasteiger partial charge >= 0.3 is 5.97 Å². The van der Waals surface area contributed by atoms with Gasteiger partial charge in [0.05, 0.1) is 18.4 Å². The van der Waals surface area contributed by atoms with Gasteiger partial charge in [-0.05, 0) is 55.2 Å². The van der Waals surface area contributed by atoms with E-state index in [1.54, 1.807) is 4.90 Å². The molecule has 2 heterocycles. The number of amides is 2. The molecular formula is C25H24N2O4S. The summed E-state index contributed by atoms with van der Waals surface area (Å²) in [6.07, 6.45) is 4.71. The van der Waals surface area contributed by atoms with Crippen molar-refractivity contribution in [2.45, 2.75) is 38.5 Å². The quantitative estimate of drug-likeness (QED) is 0.542. The van der Waals surface area contributed by atoms with Gasteiger partial charge < -0.3 is 15.0 Å². The zero-order valence-corrected chi connectivity index (χ0v) is 18.7. The van der Waals surface area contributed by atoms with E-state index in [0.717, 1.165) is 53.3 Å². The molecule has 5 rings (SSSR count). The molecule has 0 radical (unpaired) electrons. The first-order valence-corrected chi connectivity index (χ1v) is 11.8. The second kappa shape index (κ2) is 8.39. The third-order valence-corrected chi connectivity index (χ3v) is 7.46. The third kappa shape index (κ3) is 3.46. The summed E-state index contributed by atoms with van der Waals surface area (Å²) < 4.78 is 4.97. The third-order valence-electron chi connectivity index (χ3n) is 6.25. The van der Waals surface area contributed by atoms with Gasteiger partial charge in [0.1, 0.15) is 5.00 Å². The molecule has 1 aliphatic heterocycles. The van der Waals surface area contributed by atoms with Crippen LogP contribution in [-0.2, 0) is 22.4 Å². The molecule has 0 saturated carbocycles. The number of carbonyl (C=O) groups excluding carboxylic acids is 3. The van der Waals surface area contributed by atoms with Crippen LogP contribution in [0, 0.1) is 0 Å². The average molecular weight is 449 g/mol. The maximum atomic E-state index is 12.9. The Kier molecular flexibility index (Phi) is 5.43. The number of hydrogen-bond donors (Lipinski definition) is 1. The lowest BCUT2D eigenvalue weighted by atomic mass is 9.95. The Morgan fingerprint density at radius 2 is 1.91 bits per heavy atom. The zero-order valence-electron chi connectivity index (χ0n) is 17.9. The Bertz CT molecular complexity index is 1240. The van der Waals surface area contributed by atoms with Crippen molar-refractivity contribution in [3.05, 3.63) is 58.0 Å². The summed E-state index contributed by atoms with van der Waals surface area (Å²) in [5.41, 5.74) is 3.16. The van der Waals surface area contributed by atoms with Crippen LogP contribution in [0.3, 0.4) is 0 Å². The Hall–Kier alpha value is -3.19. The second-order valence-corrected chi connectivity index (χ2v) is 9.30. The first kappa shape index (κ1) is 20.7. The van der Waals surface area contributed by atoms with Crippen LogP contribution in [0.25, 0.3) is 10.8 Å². The predicted molar refractivity (Wildman–Crippen MR) is 126 cm³/mol. The fraction of sp³-hybridized carbons (Fsp3) is 0.320. The van der Waals surface area contributed by atoms with E-state index < -0.39 is 5.97 Å². The Morgan fingerprint density at radius 1 is 1.12 bits per heavy atom. The minimum Gasteiger partial charge on any atom is -0.465 e. The van der Waals surface area contributed by atoms with Gasteiger partial charge in [0.25, 0.3) is 5.91 Å². The maximum absolute atomic E-state index is 12.9. The number of nitrogens with zero attached hydrogens (tertiary/aromatic N) is 1. The summed E-state index contributed by atoms with van der Waals surface area (Å²) in [4.78, 5) is 40.9. The van der Waals surface area contributed by atoms with Crippen molar-refractivity contribution in [3.8, 4) is 0 Å². The van der Waals surface area contributed by atoms with Gasteiger partial charge in [-0.1, -0.05) is 24.3 Å². The molecule has 0 bridgehead atoms. The highest BCUT2D eigenvalue weighted by Gasteiger charge is 2.30. The Morgan fingerprint density at radius 3 is 2.72 bits per heavy atom. The van der Waals surface area contributed by atoms with Crippen LogP contribution in [-0.4, -0.2) is 31.4 Å². The van der Waals surface area contributed by atoms with Crippen LogP contribution in [0.4, 0.5) is 10.7 Å². The summed E-state index contributed by atoms with van der Waals surface area (Å²) in [7, 11) is 1.37. The number of methoxy groups -OCH3 is 1. The van der Waals surface area contributed by atoms with Crippen molar-refractivity contribution in [1.82, 2.24) is 0 Å². The van der Waals surface area contributed by atoms with Crippen LogP contribution in [0.5, 0.6) is 0 Å². The number of anilines is 2. The summed E-state index contributed by atoms with van der Waals surface area (Å²) >= 11 is 1.48. The summed E-state index contributed by atoms with van der Waals surface area (Å²) in [6, 6.07) is 11.7. The molecule has 1 aliphatic carbocycles. The van der Waals surface area contributed by atoms with Crippen molar-refractivity contribution in [2.24, 2.45) is 0 Å². The van der Waals surface area contributed by atoms with Crippen molar-refractivity contribution >= 4 is 50.6 Å². The molecule has 0 saturated heterocycles. The standard InChI is InChI=1S/C25H24N2O4S/c1-31-25(30)22-16-9-2-3-12-19(16)32-23(22)26-20(28)13-6-14-27-18-11-5-8-15-7-4-10-17(21(15)18)24(27)29/h4-5,7-8,10-11H,2-3,6,9,12-14H2,1H3,(H,26,28). The number of esters is 1. The molecule has 2 aromatic carbocycles. The molecule has 2 aliphatic rings. The van der Waals surface area contributed by atoms with Gasteiger partial charge in [0, 0.05) is 28.8 Å².